The first-order valence-corrected chi connectivity index (χ1v) is 2.12. The largest absolute Gasteiger partial charge is 0.260 e. The van der Waals surface area contributed by atoms with E-state index in [1.165, 1.54) is 0 Å². The number of hydrogen-bond donors (Lipinski definition) is 3. The average Bonchev–Trinajstić information content (AvgIpc) is 0.811. The predicted molar refractivity (Wildman–Crippen MR) is 16.5 cm³/mol. The minimum atomic E-state index is -1.62. The zero-order chi connectivity index (χ0) is 3.58. The molecule has 0 aliphatic rings. The monoisotopic (exact) mass is 135 g/mol. The first kappa shape index (κ1) is 9.02. The van der Waals surface area contributed by atoms with Crippen LogP contribution in [0.25, 0.3) is 0 Å². The van der Waals surface area contributed by atoms with Crippen LogP contribution in [0.15, 0.2) is 0 Å². The Balaban J connectivity index is 0. The van der Waals surface area contributed by atoms with Gasteiger partial charge in [-0.2, -0.15) is 0 Å². The molecular formula is H4N3NiP. The van der Waals surface area contributed by atoms with E-state index >= 15 is 0 Å². The fraction of sp³-hybridized carbons (Fsp3) is 0. The molecule has 5 heavy (non-hydrogen) atoms. The quantitative estimate of drug-likeness (QED) is 0.335. The summed E-state index contributed by atoms with van der Waals surface area (Å²) in [6.45, 7) is 0. The molecule has 0 bridgehead atoms. The van der Waals surface area contributed by atoms with Crippen molar-refractivity contribution in [2.24, 2.45) is 5.50 Å². The smallest absolute Gasteiger partial charge is 0.126 e. The number of nitrogens with two attached hydrogens (primary N) is 1. The summed E-state index contributed by atoms with van der Waals surface area (Å²) in [5.74, 6) is 0. The molecule has 0 rings (SSSR count). The van der Waals surface area contributed by atoms with Gasteiger partial charge in [-0.3, -0.25) is 15.8 Å². The van der Waals surface area contributed by atoms with Crippen LogP contribution in [0, 0.1) is 10.3 Å². The van der Waals surface area contributed by atoms with Gasteiger partial charge in [0.15, 0.2) is 0 Å². The van der Waals surface area contributed by atoms with Crippen molar-refractivity contribution < 1.29 is 16.5 Å². The van der Waals surface area contributed by atoms with Gasteiger partial charge in [0.25, 0.3) is 0 Å². The van der Waals surface area contributed by atoms with Gasteiger partial charge in [-0.1, -0.05) is 0 Å². The van der Waals surface area contributed by atoms with Crippen molar-refractivity contribution in [1.82, 2.24) is 0 Å². The van der Waals surface area contributed by atoms with Crippen molar-refractivity contribution in [1.29, 1.82) is 10.3 Å². The van der Waals surface area contributed by atoms with Crippen molar-refractivity contribution in [3.8, 4) is 0 Å². The van der Waals surface area contributed by atoms with E-state index in [4.69, 9.17) is 10.3 Å². The number of nitrogens with one attached hydrogen (secondary N) is 2. The molecule has 0 aromatic carbocycles. The van der Waals surface area contributed by atoms with Crippen LogP contribution >= 0.6 is 7.66 Å². The molecule has 0 aliphatic carbocycles. The Bertz CT molecular complexity index is 55.3. The molecule has 0 atom stereocenters. The summed E-state index contributed by atoms with van der Waals surface area (Å²) in [6, 6.07) is 0. The van der Waals surface area contributed by atoms with Crippen LogP contribution in [0.2, 0.25) is 0 Å². The Kier molecular flexibility index (Phi) is 7.86. The second kappa shape index (κ2) is 4.35. The van der Waals surface area contributed by atoms with Gasteiger partial charge in [0.1, 0.15) is 7.66 Å². The van der Waals surface area contributed by atoms with E-state index in [1.54, 1.807) is 0 Å². The third-order valence-electron chi connectivity index (χ3n) is 0. The first-order chi connectivity index (χ1) is 1.73. The van der Waals surface area contributed by atoms with E-state index in [9.17, 15) is 0 Å². The fourth-order valence-corrected chi connectivity index (χ4v) is 0. The Hall–Kier alpha value is 0.354. The summed E-state index contributed by atoms with van der Waals surface area (Å²) in [5, 5.41) is 12.2. The van der Waals surface area contributed by atoms with Crippen molar-refractivity contribution in [2.45, 2.75) is 0 Å². The molecule has 0 heterocycles. The Morgan fingerprint density at radius 3 is 1.40 bits per heavy atom. The van der Waals surface area contributed by atoms with E-state index in [0.29, 0.717) is 0 Å². The fourth-order valence-electron chi connectivity index (χ4n) is 0. The summed E-state index contributed by atoms with van der Waals surface area (Å²) in [5.41, 5.74) is 4.51. The van der Waals surface area contributed by atoms with E-state index < -0.39 is 7.66 Å². The van der Waals surface area contributed by atoms with Crippen molar-refractivity contribution in [3.63, 3.8) is 0 Å². The molecule has 0 fully saturated rings. The molecule has 34 valence electrons. The summed E-state index contributed by atoms with van der Waals surface area (Å²) in [4.78, 5) is 0. The average molecular weight is 136 g/mol. The van der Waals surface area contributed by atoms with Gasteiger partial charge in [-0.05, 0) is 0 Å². The van der Waals surface area contributed by atoms with Crippen LogP contribution in [0.3, 0.4) is 0 Å². The summed E-state index contributed by atoms with van der Waals surface area (Å²) >= 11 is 0. The maximum absolute atomic E-state index is 6.09. The van der Waals surface area contributed by atoms with E-state index in [0.717, 1.165) is 0 Å². The van der Waals surface area contributed by atoms with E-state index in [-0.39, 0.29) is 16.5 Å². The predicted octanol–water partition coefficient (Wildman–Crippen LogP) is 0.864. The molecule has 0 saturated carbocycles. The third-order valence-corrected chi connectivity index (χ3v) is 0. The van der Waals surface area contributed by atoms with Crippen LogP contribution in [0.5, 0.6) is 0 Å². The van der Waals surface area contributed by atoms with E-state index in [1.807, 2.05) is 0 Å². The molecule has 0 aromatic rings. The topological polar surface area (TPSA) is 73.7 Å². The van der Waals surface area contributed by atoms with E-state index in [2.05, 4.69) is 5.50 Å². The van der Waals surface area contributed by atoms with Crippen molar-refractivity contribution >= 4 is 7.66 Å². The molecular weight excluding hydrogens is 132 g/mol. The zero-order valence-electron chi connectivity index (χ0n) is 2.34. The summed E-state index contributed by atoms with van der Waals surface area (Å²) < 4.78 is 0. The minimum Gasteiger partial charge on any atom is -0.260 e. The Morgan fingerprint density at radius 1 is 1.40 bits per heavy atom. The third kappa shape index (κ3) is 193. The molecule has 0 saturated heterocycles. The first-order valence-electron chi connectivity index (χ1n) is 0.705. The van der Waals surface area contributed by atoms with Gasteiger partial charge >= 0.3 is 0 Å². The molecule has 5 heteroatoms. The SMILES string of the molecule is N=P(=N)N.[Ni]. The van der Waals surface area contributed by atoms with Crippen LogP contribution in [0.1, 0.15) is 0 Å². The number of rotatable bonds is 0. The normalized spacial score (nSPS) is 8.60. The summed E-state index contributed by atoms with van der Waals surface area (Å²) in [6.07, 6.45) is 0. The molecule has 0 unspecified atom stereocenters. The molecule has 0 radical (unpaired) electrons. The van der Waals surface area contributed by atoms with Gasteiger partial charge < -0.3 is 0 Å². The van der Waals surface area contributed by atoms with Crippen LogP contribution < -0.4 is 5.50 Å². The molecule has 0 aromatic heterocycles. The van der Waals surface area contributed by atoms with Crippen LogP contribution in [0.4, 0.5) is 0 Å². The molecule has 0 spiro atoms. The molecule has 0 aliphatic heterocycles. The van der Waals surface area contributed by atoms with Crippen LogP contribution in [-0.4, -0.2) is 0 Å². The molecule has 4 N–H and O–H groups in total. The van der Waals surface area contributed by atoms with Crippen molar-refractivity contribution in [3.05, 3.63) is 0 Å². The maximum Gasteiger partial charge on any atom is 0.126 e. The van der Waals surface area contributed by atoms with Gasteiger partial charge in [0.05, 0.1) is 0 Å². The maximum atomic E-state index is 6.09. The standard InChI is InChI=1S/H4N3P.Ni/c1-4(2)3;/h(H4,1,2,3);. The van der Waals surface area contributed by atoms with Gasteiger partial charge in [0.2, 0.25) is 0 Å². The van der Waals surface area contributed by atoms with Crippen LogP contribution in [-0.2, 0) is 16.5 Å². The Labute approximate surface area is 40.7 Å². The van der Waals surface area contributed by atoms with Gasteiger partial charge in [-0.15, -0.1) is 0 Å². The molecule has 3 nitrogen and oxygen atoms in total. The zero-order valence-corrected chi connectivity index (χ0v) is 4.22. The minimum absolute atomic E-state index is 0. The summed E-state index contributed by atoms with van der Waals surface area (Å²) in [7, 11) is -1.62. The van der Waals surface area contributed by atoms with Gasteiger partial charge in [-0.25, -0.2) is 0 Å². The number of hydrogen-bond acceptors (Lipinski definition) is 2. The van der Waals surface area contributed by atoms with Gasteiger partial charge in [0, 0.05) is 16.5 Å². The molecule has 0 amide bonds. The Morgan fingerprint density at radius 2 is 1.40 bits per heavy atom. The second-order valence-corrected chi connectivity index (χ2v) is 1.11. The second-order valence-electron chi connectivity index (χ2n) is 0.370. The van der Waals surface area contributed by atoms with Crippen molar-refractivity contribution in [2.75, 3.05) is 0 Å².